The van der Waals surface area contributed by atoms with E-state index >= 15 is 0 Å². The highest BCUT2D eigenvalue weighted by Crippen LogP contribution is 2.22. The molecule has 0 aromatic carbocycles. The topological polar surface area (TPSA) is 68.2 Å². The first-order valence-electron chi connectivity index (χ1n) is 5.53. The maximum Gasteiger partial charge on any atom is 0.0893 e. The van der Waals surface area contributed by atoms with Gasteiger partial charge in [0, 0.05) is 30.4 Å². The Morgan fingerprint density at radius 2 is 2.41 bits per heavy atom. The van der Waals surface area contributed by atoms with Gasteiger partial charge in [-0.15, -0.1) is 12.3 Å². The van der Waals surface area contributed by atoms with Crippen molar-refractivity contribution >= 4 is 5.52 Å². The van der Waals surface area contributed by atoms with Crippen LogP contribution in [0.2, 0.25) is 0 Å². The molecule has 0 radical (unpaired) electrons. The third-order valence-electron chi connectivity index (χ3n) is 2.75. The smallest absolute Gasteiger partial charge is 0.0893 e. The van der Waals surface area contributed by atoms with E-state index in [4.69, 9.17) is 12.3 Å². The number of hydrogen-bond donors (Lipinski definition) is 2. The molecule has 0 saturated carbocycles. The standard InChI is InChI=1S/C12H15N5/c1-2-3-4-5-11(16-13)10-8-15-17-7-6-14-9-12(10)17/h1,6-9,11,16H,3-5,13H2. The minimum absolute atomic E-state index is 0.0602. The number of unbranched alkanes of at least 4 members (excludes halogenated alkanes) is 1. The predicted octanol–water partition coefficient (Wildman–Crippen LogP) is 1.04. The van der Waals surface area contributed by atoms with Crippen molar-refractivity contribution in [3.8, 4) is 12.3 Å². The molecule has 0 aliphatic rings. The number of hydrazine groups is 1. The van der Waals surface area contributed by atoms with Crippen LogP contribution in [0.15, 0.2) is 24.8 Å². The van der Waals surface area contributed by atoms with Crippen LogP contribution in [0, 0.1) is 12.3 Å². The van der Waals surface area contributed by atoms with Crippen LogP contribution >= 0.6 is 0 Å². The van der Waals surface area contributed by atoms with Crippen molar-refractivity contribution in [1.29, 1.82) is 0 Å². The van der Waals surface area contributed by atoms with Gasteiger partial charge in [0.1, 0.15) is 0 Å². The second kappa shape index (κ2) is 5.43. The van der Waals surface area contributed by atoms with Crippen molar-refractivity contribution in [1.82, 2.24) is 20.0 Å². The Balaban J connectivity index is 2.21. The van der Waals surface area contributed by atoms with E-state index in [0.29, 0.717) is 0 Å². The summed E-state index contributed by atoms with van der Waals surface area (Å²) >= 11 is 0. The fraction of sp³-hybridized carbons (Fsp3) is 0.333. The Labute approximate surface area is 100 Å². The number of aromatic nitrogens is 3. The number of nitrogens with zero attached hydrogens (tertiary/aromatic N) is 3. The molecule has 3 N–H and O–H groups in total. The molecule has 1 unspecified atom stereocenters. The molecule has 5 heteroatoms. The summed E-state index contributed by atoms with van der Waals surface area (Å²) in [5, 5.41) is 4.26. The number of nitrogens with two attached hydrogens (primary N) is 1. The summed E-state index contributed by atoms with van der Waals surface area (Å²) in [6, 6.07) is 0.0602. The lowest BCUT2D eigenvalue weighted by Crippen LogP contribution is -2.27. The van der Waals surface area contributed by atoms with Crippen LogP contribution in [0.1, 0.15) is 30.9 Å². The Morgan fingerprint density at radius 3 is 3.18 bits per heavy atom. The molecule has 2 rings (SSSR count). The van der Waals surface area contributed by atoms with E-state index in [1.54, 1.807) is 16.9 Å². The van der Waals surface area contributed by atoms with E-state index in [0.717, 1.165) is 30.3 Å². The number of rotatable bonds is 5. The van der Waals surface area contributed by atoms with Gasteiger partial charge in [0.15, 0.2) is 0 Å². The molecule has 0 spiro atoms. The molecule has 0 bridgehead atoms. The van der Waals surface area contributed by atoms with Crippen LogP contribution in [0.4, 0.5) is 0 Å². The molecule has 0 saturated heterocycles. The fourth-order valence-electron chi connectivity index (χ4n) is 1.86. The van der Waals surface area contributed by atoms with Crippen LogP contribution < -0.4 is 11.3 Å². The quantitative estimate of drug-likeness (QED) is 0.348. The van der Waals surface area contributed by atoms with Crippen LogP contribution in [0.5, 0.6) is 0 Å². The van der Waals surface area contributed by atoms with Gasteiger partial charge >= 0.3 is 0 Å². The largest absolute Gasteiger partial charge is 0.271 e. The zero-order valence-electron chi connectivity index (χ0n) is 9.50. The van der Waals surface area contributed by atoms with Crippen LogP contribution in [-0.4, -0.2) is 14.6 Å². The summed E-state index contributed by atoms with van der Waals surface area (Å²) in [6.45, 7) is 0. The molecule has 0 fully saturated rings. The second-order valence-electron chi connectivity index (χ2n) is 3.82. The summed E-state index contributed by atoms with van der Waals surface area (Å²) < 4.78 is 1.79. The van der Waals surface area contributed by atoms with Crippen LogP contribution in [0.3, 0.4) is 0 Å². The van der Waals surface area contributed by atoms with Crippen molar-refractivity contribution in [2.24, 2.45) is 5.84 Å². The lowest BCUT2D eigenvalue weighted by atomic mass is 10.0. The van der Waals surface area contributed by atoms with Gasteiger partial charge in [-0.25, -0.2) is 4.52 Å². The lowest BCUT2D eigenvalue weighted by molar-refractivity contribution is 0.505. The highest BCUT2D eigenvalue weighted by Gasteiger charge is 2.14. The van der Waals surface area contributed by atoms with Crippen LogP contribution in [0.25, 0.3) is 5.52 Å². The maximum atomic E-state index is 5.58. The molecule has 2 aromatic heterocycles. The minimum atomic E-state index is 0.0602. The van der Waals surface area contributed by atoms with E-state index in [2.05, 4.69) is 21.4 Å². The first-order chi connectivity index (χ1) is 8.36. The zero-order valence-corrected chi connectivity index (χ0v) is 9.50. The van der Waals surface area contributed by atoms with Crippen molar-refractivity contribution in [2.45, 2.75) is 25.3 Å². The molecular formula is C12H15N5. The average Bonchev–Trinajstić information content (AvgIpc) is 2.79. The molecule has 1 atom stereocenters. The van der Waals surface area contributed by atoms with Crippen molar-refractivity contribution in [3.05, 3.63) is 30.4 Å². The number of fused-ring (bicyclic) bond motifs is 1. The SMILES string of the molecule is C#CCCCC(NN)c1cnn2ccncc12. The summed E-state index contributed by atoms with van der Waals surface area (Å²) in [5.74, 6) is 8.21. The van der Waals surface area contributed by atoms with Gasteiger partial charge in [0.05, 0.1) is 17.9 Å². The van der Waals surface area contributed by atoms with E-state index in [9.17, 15) is 0 Å². The third-order valence-corrected chi connectivity index (χ3v) is 2.75. The van der Waals surface area contributed by atoms with Gasteiger partial charge in [0.2, 0.25) is 0 Å². The van der Waals surface area contributed by atoms with E-state index in [1.807, 2.05) is 12.4 Å². The molecule has 2 aromatic rings. The lowest BCUT2D eigenvalue weighted by Gasteiger charge is -2.13. The minimum Gasteiger partial charge on any atom is -0.271 e. The number of nitrogens with one attached hydrogen (secondary N) is 1. The van der Waals surface area contributed by atoms with Gasteiger partial charge in [-0.3, -0.25) is 16.3 Å². The normalized spacial score (nSPS) is 12.5. The second-order valence-corrected chi connectivity index (χ2v) is 3.82. The van der Waals surface area contributed by atoms with Crippen molar-refractivity contribution in [3.63, 3.8) is 0 Å². The Bertz CT molecular complexity index is 525. The van der Waals surface area contributed by atoms with Crippen molar-refractivity contribution < 1.29 is 0 Å². The molecule has 5 nitrogen and oxygen atoms in total. The molecule has 0 aliphatic heterocycles. The predicted molar refractivity (Wildman–Crippen MR) is 65.7 cm³/mol. The summed E-state index contributed by atoms with van der Waals surface area (Å²) in [5.41, 5.74) is 4.83. The van der Waals surface area contributed by atoms with Gasteiger partial charge in [-0.1, -0.05) is 0 Å². The Kier molecular flexibility index (Phi) is 3.70. The summed E-state index contributed by atoms with van der Waals surface area (Å²) in [4.78, 5) is 4.10. The van der Waals surface area contributed by atoms with Gasteiger partial charge in [0.25, 0.3) is 0 Å². The zero-order chi connectivity index (χ0) is 12.1. The monoisotopic (exact) mass is 229 g/mol. The number of hydrogen-bond acceptors (Lipinski definition) is 4. The molecule has 0 amide bonds. The highest BCUT2D eigenvalue weighted by molar-refractivity contribution is 5.53. The fourth-order valence-corrected chi connectivity index (χ4v) is 1.86. The van der Waals surface area contributed by atoms with Crippen molar-refractivity contribution in [2.75, 3.05) is 0 Å². The maximum absolute atomic E-state index is 5.58. The molecule has 0 aliphatic carbocycles. The Hall–Kier alpha value is -1.90. The van der Waals surface area contributed by atoms with E-state index in [1.165, 1.54) is 0 Å². The molecule has 17 heavy (non-hydrogen) atoms. The van der Waals surface area contributed by atoms with E-state index in [-0.39, 0.29) is 6.04 Å². The average molecular weight is 229 g/mol. The van der Waals surface area contributed by atoms with E-state index < -0.39 is 0 Å². The van der Waals surface area contributed by atoms with Gasteiger partial charge in [-0.05, 0) is 12.8 Å². The summed E-state index contributed by atoms with van der Waals surface area (Å²) in [6.07, 6.45) is 14.9. The van der Waals surface area contributed by atoms with Gasteiger partial charge < -0.3 is 0 Å². The third kappa shape index (κ3) is 2.44. The molecule has 2 heterocycles. The number of terminal acetylenes is 1. The molecular weight excluding hydrogens is 214 g/mol. The Morgan fingerprint density at radius 1 is 1.53 bits per heavy atom. The summed E-state index contributed by atoms with van der Waals surface area (Å²) in [7, 11) is 0. The first kappa shape index (κ1) is 11.6. The molecule has 88 valence electrons. The highest BCUT2D eigenvalue weighted by atomic mass is 15.3. The van der Waals surface area contributed by atoms with Gasteiger partial charge in [-0.2, -0.15) is 5.10 Å². The van der Waals surface area contributed by atoms with Crippen LogP contribution in [-0.2, 0) is 0 Å². The first-order valence-corrected chi connectivity index (χ1v) is 5.53.